The number of carbonyl (C=O) groups excluding carboxylic acids is 3. The Labute approximate surface area is 218 Å². The van der Waals surface area contributed by atoms with Gasteiger partial charge in [0, 0.05) is 64.1 Å². The number of aromatic hydroxyl groups is 1. The van der Waals surface area contributed by atoms with E-state index in [-0.39, 0.29) is 17.7 Å². The zero-order valence-electron chi connectivity index (χ0n) is 21.8. The quantitative estimate of drug-likeness (QED) is 0.207. The highest BCUT2D eigenvalue weighted by Gasteiger charge is 2.24. The lowest BCUT2D eigenvalue weighted by Crippen LogP contribution is -2.46. The molecule has 10 nitrogen and oxygen atoms in total. The number of nitrogens with zero attached hydrogens (tertiary/aromatic N) is 2. The highest BCUT2D eigenvalue weighted by molar-refractivity contribution is 5.97. The van der Waals surface area contributed by atoms with Crippen LogP contribution in [0.5, 0.6) is 5.75 Å². The minimum absolute atomic E-state index is 0.160. The topological polar surface area (TPSA) is 126 Å². The monoisotopic (exact) mass is 510 g/mol. The molecule has 1 aliphatic rings. The molecule has 200 valence electrons. The number of hydrogen-bond donors (Lipinski definition) is 5. The Balaban J connectivity index is 1.45. The van der Waals surface area contributed by atoms with Crippen LogP contribution >= 0.6 is 0 Å². The van der Waals surface area contributed by atoms with Gasteiger partial charge >= 0.3 is 0 Å². The number of hydrogen-bond acceptors (Lipinski definition) is 7. The van der Waals surface area contributed by atoms with Crippen LogP contribution in [0.15, 0.2) is 30.3 Å². The Morgan fingerprint density at radius 3 is 2.49 bits per heavy atom. The van der Waals surface area contributed by atoms with Gasteiger partial charge in [-0.15, -0.1) is 0 Å². The first-order valence-corrected chi connectivity index (χ1v) is 12.6. The third-order valence-electron chi connectivity index (χ3n) is 6.94. The van der Waals surface area contributed by atoms with Gasteiger partial charge in [-0.3, -0.25) is 14.4 Å². The number of anilines is 3. The van der Waals surface area contributed by atoms with Crippen LogP contribution in [0.25, 0.3) is 0 Å². The Kier molecular flexibility index (Phi) is 10.1. The van der Waals surface area contributed by atoms with Gasteiger partial charge in [-0.2, -0.15) is 0 Å². The maximum atomic E-state index is 12.7. The van der Waals surface area contributed by atoms with Crippen molar-refractivity contribution in [1.82, 2.24) is 15.1 Å². The molecule has 2 aromatic carbocycles. The van der Waals surface area contributed by atoms with Crippen LogP contribution in [-0.4, -0.2) is 86.5 Å². The van der Waals surface area contributed by atoms with Crippen molar-refractivity contribution in [2.45, 2.75) is 32.2 Å². The number of phenolic OH excluding ortho intramolecular Hbond substituents is 1. The van der Waals surface area contributed by atoms with Crippen molar-refractivity contribution in [3.63, 3.8) is 0 Å². The number of nitrogens with one attached hydrogen (secondary N) is 4. The molecule has 0 unspecified atom stereocenters. The molecule has 3 rings (SSSR count). The zero-order chi connectivity index (χ0) is 26.8. The van der Waals surface area contributed by atoms with Crippen LogP contribution < -0.4 is 21.3 Å². The Morgan fingerprint density at radius 2 is 1.84 bits per heavy atom. The zero-order valence-corrected chi connectivity index (χ0v) is 21.8. The van der Waals surface area contributed by atoms with Crippen LogP contribution in [0.1, 0.15) is 34.3 Å². The third-order valence-corrected chi connectivity index (χ3v) is 6.94. The van der Waals surface area contributed by atoms with Gasteiger partial charge in [0.25, 0.3) is 5.91 Å². The van der Waals surface area contributed by atoms with E-state index < -0.39 is 0 Å². The lowest BCUT2D eigenvalue weighted by atomic mass is 10.0. The Morgan fingerprint density at radius 1 is 1.11 bits per heavy atom. The summed E-state index contributed by atoms with van der Waals surface area (Å²) in [6.07, 6.45) is 3.97. The summed E-state index contributed by atoms with van der Waals surface area (Å²) >= 11 is 0. The molecule has 2 aromatic rings. The fourth-order valence-corrected chi connectivity index (χ4v) is 4.87. The molecule has 10 heteroatoms. The first kappa shape index (κ1) is 27.8. The first-order chi connectivity index (χ1) is 17.9. The molecule has 37 heavy (non-hydrogen) atoms. The van der Waals surface area contributed by atoms with Crippen molar-refractivity contribution in [2.24, 2.45) is 0 Å². The molecule has 1 aliphatic heterocycles. The second-order valence-corrected chi connectivity index (χ2v) is 9.24. The van der Waals surface area contributed by atoms with E-state index in [0.29, 0.717) is 42.9 Å². The van der Waals surface area contributed by atoms with Gasteiger partial charge in [-0.05, 0) is 67.6 Å². The molecule has 3 amide bonds. The van der Waals surface area contributed by atoms with Crippen LogP contribution in [-0.2, 0) is 16.0 Å². The van der Waals surface area contributed by atoms with E-state index in [4.69, 9.17) is 0 Å². The number of carbonyl (C=O) groups is 3. The molecule has 1 saturated heterocycles. The van der Waals surface area contributed by atoms with Crippen LogP contribution in [0.3, 0.4) is 0 Å². The average molecular weight is 511 g/mol. The van der Waals surface area contributed by atoms with Crippen molar-refractivity contribution in [2.75, 3.05) is 62.8 Å². The molecule has 0 bridgehead atoms. The molecular weight excluding hydrogens is 472 g/mol. The number of aryl methyl sites for hydroxylation is 1. The largest absolute Gasteiger partial charge is 0.508 e. The van der Waals surface area contributed by atoms with Gasteiger partial charge < -0.3 is 36.2 Å². The normalized spacial score (nSPS) is 14.0. The average Bonchev–Trinajstić information content (AvgIpc) is 2.91. The van der Waals surface area contributed by atoms with Gasteiger partial charge in [0.2, 0.25) is 12.8 Å². The number of phenols is 1. The summed E-state index contributed by atoms with van der Waals surface area (Å²) in [5.41, 5.74) is 4.61. The van der Waals surface area contributed by atoms with E-state index in [1.807, 2.05) is 24.9 Å². The summed E-state index contributed by atoms with van der Waals surface area (Å²) in [4.78, 5) is 39.5. The highest BCUT2D eigenvalue weighted by atomic mass is 16.3. The lowest BCUT2D eigenvalue weighted by molar-refractivity contribution is -0.121. The van der Waals surface area contributed by atoms with E-state index in [1.54, 1.807) is 31.3 Å². The van der Waals surface area contributed by atoms with Crippen LogP contribution in [0.4, 0.5) is 17.1 Å². The van der Waals surface area contributed by atoms with E-state index in [9.17, 15) is 19.5 Å². The smallest absolute Gasteiger partial charge is 0.251 e. The first-order valence-electron chi connectivity index (χ1n) is 12.6. The standard InChI is InChI=1S/C27H38N6O4/c1-19-14-21(16-25(29-3)26(19)31-17-34)27(37)30-9-13-32-10-7-22(8-11-32)33(18-35)12-6-20-15-23(36)4-5-24(20)28-2/h4-5,14-18,22,28-29,36H,6-13H2,1-3H3,(H,30,37)(H,31,34). The van der Waals surface area contributed by atoms with Crippen LogP contribution in [0, 0.1) is 6.92 Å². The summed E-state index contributed by atoms with van der Waals surface area (Å²) in [6.45, 7) is 5.41. The summed E-state index contributed by atoms with van der Waals surface area (Å²) < 4.78 is 0. The minimum Gasteiger partial charge on any atom is -0.508 e. The maximum absolute atomic E-state index is 12.7. The second-order valence-electron chi connectivity index (χ2n) is 9.24. The van der Waals surface area contributed by atoms with E-state index in [1.165, 1.54) is 0 Å². The molecule has 0 radical (unpaired) electrons. The van der Waals surface area contributed by atoms with Gasteiger partial charge in [-0.1, -0.05) is 0 Å². The molecule has 5 N–H and O–H groups in total. The summed E-state index contributed by atoms with van der Waals surface area (Å²) in [7, 11) is 3.59. The lowest BCUT2D eigenvalue weighted by Gasteiger charge is -2.37. The van der Waals surface area contributed by atoms with Gasteiger partial charge in [-0.25, -0.2) is 0 Å². The molecule has 0 aliphatic carbocycles. The molecule has 1 fully saturated rings. The number of rotatable bonds is 13. The molecule has 0 saturated carbocycles. The number of likely N-dealkylation sites (tertiary alicyclic amines) is 1. The summed E-state index contributed by atoms with van der Waals surface area (Å²) in [5.74, 6) is 0.0590. The number of benzene rings is 2. The van der Waals surface area contributed by atoms with Gasteiger partial charge in [0.15, 0.2) is 0 Å². The van der Waals surface area contributed by atoms with E-state index >= 15 is 0 Å². The number of piperidine rings is 1. The Bertz CT molecular complexity index is 1080. The summed E-state index contributed by atoms with van der Waals surface area (Å²) in [5, 5.41) is 21.6. The van der Waals surface area contributed by atoms with Crippen molar-refractivity contribution < 1.29 is 19.5 Å². The van der Waals surface area contributed by atoms with Crippen molar-refractivity contribution >= 4 is 35.8 Å². The maximum Gasteiger partial charge on any atom is 0.251 e. The highest BCUT2D eigenvalue weighted by Crippen LogP contribution is 2.27. The predicted octanol–water partition coefficient (Wildman–Crippen LogP) is 2.25. The van der Waals surface area contributed by atoms with E-state index in [0.717, 1.165) is 55.7 Å². The van der Waals surface area contributed by atoms with Crippen molar-refractivity contribution in [1.29, 1.82) is 0 Å². The second kappa shape index (κ2) is 13.5. The third kappa shape index (κ3) is 7.36. The molecule has 1 heterocycles. The fourth-order valence-electron chi connectivity index (χ4n) is 4.87. The molecule has 0 atom stereocenters. The van der Waals surface area contributed by atoms with Crippen LogP contribution in [0.2, 0.25) is 0 Å². The Hall–Kier alpha value is -3.79. The van der Waals surface area contributed by atoms with Crippen molar-refractivity contribution in [3.8, 4) is 5.75 Å². The van der Waals surface area contributed by atoms with E-state index in [2.05, 4.69) is 26.2 Å². The fraction of sp³-hybridized carbons (Fsp3) is 0.444. The molecule has 0 spiro atoms. The number of amides is 3. The molecule has 0 aromatic heterocycles. The summed E-state index contributed by atoms with van der Waals surface area (Å²) in [6, 6.07) is 8.90. The minimum atomic E-state index is -0.160. The van der Waals surface area contributed by atoms with Gasteiger partial charge in [0.05, 0.1) is 11.4 Å². The SMILES string of the molecule is CNc1ccc(O)cc1CCN(C=O)C1CCN(CCNC(=O)c2cc(C)c(NC=O)c(NC)c2)CC1. The predicted molar refractivity (Wildman–Crippen MR) is 146 cm³/mol. The van der Waals surface area contributed by atoms with Crippen molar-refractivity contribution in [3.05, 3.63) is 47.0 Å². The van der Waals surface area contributed by atoms with Gasteiger partial charge in [0.1, 0.15) is 5.75 Å². The molecular formula is C27H38N6O4.